The number of carbonyl (C=O) groups excluding carboxylic acids is 1. The van der Waals surface area contributed by atoms with Crippen molar-refractivity contribution in [2.24, 2.45) is 11.8 Å². The molecule has 0 bridgehead atoms. The molecule has 13 heavy (non-hydrogen) atoms. The molecule has 1 rings (SSSR count). The second kappa shape index (κ2) is 4.23. The van der Waals surface area contributed by atoms with Gasteiger partial charge in [-0.25, -0.2) is 0 Å². The lowest BCUT2D eigenvalue weighted by Gasteiger charge is -2.35. The van der Waals surface area contributed by atoms with Gasteiger partial charge < -0.3 is 9.90 Å². The molecule has 0 saturated heterocycles. The Kier molecular flexibility index (Phi) is 3.48. The molecule has 1 fully saturated rings. The highest BCUT2D eigenvalue weighted by atomic mass is 16.3. The Morgan fingerprint density at radius 1 is 1.54 bits per heavy atom. The van der Waals surface area contributed by atoms with Gasteiger partial charge in [0, 0.05) is 0 Å². The summed E-state index contributed by atoms with van der Waals surface area (Å²) in [7, 11) is 0. The molecule has 2 nitrogen and oxygen atoms in total. The normalized spacial score (nSPS) is 33.8. The van der Waals surface area contributed by atoms with Crippen LogP contribution in [-0.4, -0.2) is 17.0 Å². The molecule has 0 heterocycles. The first-order valence-corrected chi connectivity index (χ1v) is 5.29. The van der Waals surface area contributed by atoms with Crippen molar-refractivity contribution in [1.82, 2.24) is 0 Å². The molecule has 0 radical (unpaired) electrons. The van der Waals surface area contributed by atoms with Gasteiger partial charge in [0.15, 0.2) is 6.29 Å². The summed E-state index contributed by atoms with van der Waals surface area (Å²) in [5, 5.41) is 9.79. The number of aliphatic hydroxyl groups is 1. The zero-order valence-electron chi connectivity index (χ0n) is 8.62. The number of aldehydes is 1. The lowest BCUT2D eigenvalue weighted by atomic mass is 9.73. The topological polar surface area (TPSA) is 37.3 Å². The molecule has 0 amide bonds. The Balaban J connectivity index is 2.55. The molecule has 1 saturated carbocycles. The maximum Gasteiger partial charge on any atom is 0.151 e. The average Bonchev–Trinajstić information content (AvgIpc) is 2.18. The van der Waals surface area contributed by atoms with E-state index in [4.69, 9.17) is 0 Å². The summed E-state index contributed by atoms with van der Waals surface area (Å²) in [5.74, 6) is 0.897. The second-order valence-electron chi connectivity index (χ2n) is 4.48. The minimum absolute atomic E-state index is 0.184. The van der Waals surface area contributed by atoms with Crippen molar-refractivity contribution in [3.05, 3.63) is 0 Å². The maximum atomic E-state index is 10.7. The Hall–Kier alpha value is -0.370. The molecule has 0 aromatic heterocycles. The predicted octanol–water partition coefficient (Wildman–Crippen LogP) is 2.15. The quantitative estimate of drug-likeness (QED) is 0.682. The van der Waals surface area contributed by atoms with Gasteiger partial charge in [-0.05, 0) is 31.6 Å². The molecule has 2 heteroatoms. The third-order valence-electron chi connectivity index (χ3n) is 3.43. The number of hydrogen-bond acceptors (Lipinski definition) is 2. The van der Waals surface area contributed by atoms with E-state index in [-0.39, 0.29) is 5.92 Å². The van der Waals surface area contributed by atoms with E-state index in [1.165, 1.54) is 12.8 Å². The van der Waals surface area contributed by atoms with Crippen molar-refractivity contribution >= 4 is 6.29 Å². The number of carbonyl (C=O) groups is 1. The van der Waals surface area contributed by atoms with Crippen LogP contribution in [0.25, 0.3) is 0 Å². The molecule has 0 aromatic carbocycles. The summed E-state index contributed by atoms with van der Waals surface area (Å²) in [4.78, 5) is 10.7. The van der Waals surface area contributed by atoms with Crippen molar-refractivity contribution in [2.75, 3.05) is 0 Å². The van der Waals surface area contributed by atoms with E-state index in [2.05, 4.69) is 6.92 Å². The highest BCUT2D eigenvalue weighted by Gasteiger charge is 2.34. The van der Waals surface area contributed by atoms with E-state index < -0.39 is 5.60 Å². The lowest BCUT2D eigenvalue weighted by Crippen LogP contribution is -2.39. The summed E-state index contributed by atoms with van der Waals surface area (Å²) in [6.45, 7) is 3.82. The van der Waals surface area contributed by atoms with Crippen LogP contribution in [0, 0.1) is 11.8 Å². The first kappa shape index (κ1) is 10.7. The number of hydrogen-bond donors (Lipinski definition) is 1. The van der Waals surface area contributed by atoms with Gasteiger partial charge in [0.05, 0.1) is 0 Å². The highest BCUT2D eigenvalue weighted by molar-refractivity contribution is 5.61. The smallest absolute Gasteiger partial charge is 0.151 e. The first-order chi connectivity index (χ1) is 6.10. The van der Waals surface area contributed by atoms with Crippen molar-refractivity contribution in [1.29, 1.82) is 0 Å². The zero-order valence-corrected chi connectivity index (χ0v) is 8.62. The van der Waals surface area contributed by atoms with Gasteiger partial charge >= 0.3 is 0 Å². The van der Waals surface area contributed by atoms with E-state index in [0.717, 1.165) is 19.3 Å². The van der Waals surface area contributed by atoms with Gasteiger partial charge in [-0.1, -0.05) is 26.2 Å². The monoisotopic (exact) mass is 184 g/mol. The van der Waals surface area contributed by atoms with E-state index in [1.807, 2.05) is 0 Å². The largest absolute Gasteiger partial charge is 0.382 e. The van der Waals surface area contributed by atoms with Gasteiger partial charge in [-0.15, -0.1) is 0 Å². The maximum absolute atomic E-state index is 10.7. The molecule has 3 unspecified atom stereocenters. The second-order valence-corrected chi connectivity index (χ2v) is 4.48. The van der Waals surface area contributed by atoms with Gasteiger partial charge in [0.1, 0.15) is 5.60 Å². The summed E-state index contributed by atoms with van der Waals surface area (Å²) in [6, 6.07) is 0. The minimum atomic E-state index is -1.09. The molecule has 1 N–H and O–H groups in total. The van der Waals surface area contributed by atoms with Crippen molar-refractivity contribution in [3.63, 3.8) is 0 Å². The molecular weight excluding hydrogens is 164 g/mol. The fraction of sp³-hybridized carbons (Fsp3) is 0.909. The Labute approximate surface area is 80.3 Å². The van der Waals surface area contributed by atoms with Crippen LogP contribution < -0.4 is 0 Å². The van der Waals surface area contributed by atoms with Gasteiger partial charge in [0.25, 0.3) is 0 Å². The molecule has 0 spiro atoms. The van der Waals surface area contributed by atoms with E-state index in [1.54, 1.807) is 6.92 Å². The summed E-state index contributed by atoms with van der Waals surface area (Å²) in [5.41, 5.74) is -1.09. The van der Waals surface area contributed by atoms with Crippen LogP contribution in [0.3, 0.4) is 0 Å². The third-order valence-corrected chi connectivity index (χ3v) is 3.43. The molecule has 0 aliphatic heterocycles. The standard InChI is InChI=1S/C11H20O2/c1-3-9-5-4-6-10(7-9)11(2,13)8-12/h8-10,13H,3-7H2,1-2H3. The van der Waals surface area contributed by atoms with E-state index in [0.29, 0.717) is 12.2 Å². The molecule has 1 aliphatic carbocycles. The zero-order chi connectivity index (χ0) is 9.90. The van der Waals surface area contributed by atoms with Crippen LogP contribution >= 0.6 is 0 Å². The van der Waals surface area contributed by atoms with Crippen molar-refractivity contribution in [3.8, 4) is 0 Å². The average molecular weight is 184 g/mol. The van der Waals surface area contributed by atoms with E-state index in [9.17, 15) is 9.90 Å². The van der Waals surface area contributed by atoms with Crippen LogP contribution in [0.1, 0.15) is 46.0 Å². The summed E-state index contributed by atoms with van der Waals surface area (Å²) in [6.07, 6.45) is 6.32. The number of rotatable bonds is 3. The van der Waals surface area contributed by atoms with Crippen LogP contribution in [0.2, 0.25) is 0 Å². The van der Waals surface area contributed by atoms with Gasteiger partial charge in [-0.3, -0.25) is 0 Å². The van der Waals surface area contributed by atoms with Crippen molar-refractivity contribution < 1.29 is 9.90 Å². The van der Waals surface area contributed by atoms with Gasteiger partial charge in [-0.2, -0.15) is 0 Å². The van der Waals surface area contributed by atoms with Crippen LogP contribution in [-0.2, 0) is 4.79 Å². The van der Waals surface area contributed by atoms with Crippen LogP contribution in [0.4, 0.5) is 0 Å². The fourth-order valence-electron chi connectivity index (χ4n) is 2.29. The molecule has 76 valence electrons. The predicted molar refractivity (Wildman–Crippen MR) is 52.4 cm³/mol. The molecular formula is C11H20O2. The Bertz CT molecular complexity index is 175. The minimum Gasteiger partial charge on any atom is -0.382 e. The van der Waals surface area contributed by atoms with Gasteiger partial charge in [0.2, 0.25) is 0 Å². The lowest BCUT2D eigenvalue weighted by molar-refractivity contribution is -0.129. The Morgan fingerprint density at radius 3 is 2.77 bits per heavy atom. The molecule has 3 atom stereocenters. The van der Waals surface area contributed by atoms with Crippen molar-refractivity contribution in [2.45, 2.75) is 51.6 Å². The highest BCUT2D eigenvalue weighted by Crippen LogP contribution is 2.36. The Morgan fingerprint density at radius 2 is 2.23 bits per heavy atom. The summed E-state index contributed by atoms with van der Waals surface area (Å²) >= 11 is 0. The summed E-state index contributed by atoms with van der Waals surface area (Å²) < 4.78 is 0. The fourth-order valence-corrected chi connectivity index (χ4v) is 2.29. The SMILES string of the molecule is CCC1CCCC(C(C)(O)C=O)C1. The van der Waals surface area contributed by atoms with Crippen LogP contribution in [0.5, 0.6) is 0 Å². The molecule has 1 aliphatic rings. The first-order valence-electron chi connectivity index (χ1n) is 5.29. The van der Waals surface area contributed by atoms with Crippen LogP contribution in [0.15, 0.2) is 0 Å². The third kappa shape index (κ3) is 2.53. The van der Waals surface area contributed by atoms with E-state index >= 15 is 0 Å². The molecule has 0 aromatic rings.